The van der Waals surface area contributed by atoms with E-state index in [4.69, 9.17) is 9.72 Å². The second kappa shape index (κ2) is 8.70. The highest BCUT2D eigenvalue weighted by Crippen LogP contribution is 2.34. The van der Waals surface area contributed by atoms with Crippen molar-refractivity contribution in [1.29, 1.82) is 0 Å². The van der Waals surface area contributed by atoms with Crippen LogP contribution in [0.4, 0.5) is 4.79 Å². The van der Waals surface area contributed by atoms with Crippen LogP contribution >= 0.6 is 0 Å². The molecule has 170 valence electrons. The van der Waals surface area contributed by atoms with Gasteiger partial charge in [-0.2, -0.15) is 0 Å². The van der Waals surface area contributed by atoms with Crippen LogP contribution in [0.3, 0.4) is 0 Å². The molecule has 4 aromatic rings. The number of pyridine rings is 1. The summed E-state index contributed by atoms with van der Waals surface area (Å²) in [6, 6.07) is 18.6. The number of imidazole rings is 1. The summed E-state index contributed by atoms with van der Waals surface area (Å²) < 4.78 is 5.39. The number of hydrogen-bond donors (Lipinski definition) is 2. The van der Waals surface area contributed by atoms with E-state index < -0.39 is 17.1 Å². The van der Waals surface area contributed by atoms with Crippen LogP contribution in [0.25, 0.3) is 33.3 Å². The van der Waals surface area contributed by atoms with Crippen molar-refractivity contribution in [2.75, 3.05) is 6.54 Å². The van der Waals surface area contributed by atoms with Gasteiger partial charge in [-0.05, 0) is 49.7 Å². The summed E-state index contributed by atoms with van der Waals surface area (Å²) in [4.78, 5) is 24.9. The highest BCUT2D eigenvalue weighted by atomic mass is 16.6. The van der Waals surface area contributed by atoms with Gasteiger partial charge in [-0.15, -0.1) is 0 Å². The highest BCUT2D eigenvalue weighted by Gasteiger charge is 2.28. The zero-order chi connectivity index (χ0) is 23.6. The quantitative estimate of drug-likeness (QED) is 0.392. The number of hydrogen-bond acceptors (Lipinski definition) is 4. The molecule has 0 fully saturated rings. The molecule has 33 heavy (non-hydrogen) atoms. The second-order valence-electron chi connectivity index (χ2n) is 9.85. The van der Waals surface area contributed by atoms with Gasteiger partial charge >= 0.3 is 6.09 Å². The van der Waals surface area contributed by atoms with Gasteiger partial charge in [-0.3, -0.25) is 4.98 Å². The molecule has 0 bridgehead atoms. The average molecular weight is 443 g/mol. The van der Waals surface area contributed by atoms with Gasteiger partial charge in [0.15, 0.2) is 0 Å². The van der Waals surface area contributed by atoms with Crippen molar-refractivity contribution in [2.45, 2.75) is 45.6 Å². The van der Waals surface area contributed by atoms with E-state index in [1.807, 2.05) is 58.9 Å². The lowest BCUT2D eigenvalue weighted by molar-refractivity contribution is 0.0516. The van der Waals surface area contributed by atoms with Crippen LogP contribution in [-0.2, 0) is 10.2 Å². The largest absolute Gasteiger partial charge is 0.444 e. The third kappa shape index (κ3) is 5.22. The number of benzene rings is 2. The third-order valence-corrected chi connectivity index (χ3v) is 5.41. The predicted molar refractivity (Wildman–Crippen MR) is 132 cm³/mol. The first-order valence-electron chi connectivity index (χ1n) is 11.1. The number of carbonyl (C=O) groups excluding carboxylic acids is 1. The number of H-pyrrole nitrogens is 1. The van der Waals surface area contributed by atoms with Gasteiger partial charge < -0.3 is 15.0 Å². The number of nitrogens with one attached hydrogen (secondary N) is 2. The molecule has 0 saturated heterocycles. The van der Waals surface area contributed by atoms with Gasteiger partial charge in [0, 0.05) is 35.5 Å². The fourth-order valence-electron chi connectivity index (χ4n) is 3.66. The number of amides is 1. The molecule has 0 unspecified atom stereocenters. The Kier molecular flexibility index (Phi) is 5.93. The Labute approximate surface area is 194 Å². The summed E-state index contributed by atoms with van der Waals surface area (Å²) in [6.45, 7) is 10.0. The molecule has 1 amide bonds. The van der Waals surface area contributed by atoms with Gasteiger partial charge in [-0.25, -0.2) is 9.78 Å². The predicted octanol–water partition coefficient (Wildman–Crippen LogP) is 6.09. The Hall–Kier alpha value is -3.67. The monoisotopic (exact) mass is 442 g/mol. The average Bonchev–Trinajstić information content (AvgIpc) is 3.23. The minimum Gasteiger partial charge on any atom is -0.444 e. The SMILES string of the molecule is CC(C)(C)OC(=O)NCC(C)(C)c1nc(-c2ccc3ccccc3c2)c(-c2ccncc2)[nH]1. The Morgan fingerprint density at radius 3 is 2.33 bits per heavy atom. The molecule has 6 nitrogen and oxygen atoms in total. The fourth-order valence-corrected chi connectivity index (χ4v) is 3.66. The lowest BCUT2D eigenvalue weighted by Gasteiger charge is -2.25. The molecule has 0 radical (unpaired) electrons. The molecule has 2 aromatic carbocycles. The van der Waals surface area contributed by atoms with Crippen LogP contribution in [-0.4, -0.2) is 33.2 Å². The summed E-state index contributed by atoms with van der Waals surface area (Å²) in [5.74, 6) is 0.786. The van der Waals surface area contributed by atoms with Crippen LogP contribution in [0.2, 0.25) is 0 Å². The van der Waals surface area contributed by atoms with Gasteiger partial charge in [0.25, 0.3) is 0 Å². The first-order chi connectivity index (χ1) is 15.6. The summed E-state index contributed by atoms with van der Waals surface area (Å²) in [5.41, 5.74) is 2.83. The van der Waals surface area contributed by atoms with Crippen molar-refractivity contribution in [3.8, 4) is 22.5 Å². The molecule has 2 aromatic heterocycles. The molecule has 0 saturated carbocycles. The van der Waals surface area contributed by atoms with Crippen LogP contribution < -0.4 is 5.32 Å². The van der Waals surface area contributed by atoms with Gasteiger partial charge in [-0.1, -0.05) is 50.2 Å². The minimum absolute atomic E-state index is 0.377. The van der Waals surface area contributed by atoms with E-state index >= 15 is 0 Å². The molecular formula is C27H30N4O2. The highest BCUT2D eigenvalue weighted by molar-refractivity contribution is 5.89. The van der Waals surface area contributed by atoms with Gasteiger partial charge in [0.05, 0.1) is 11.4 Å². The number of fused-ring (bicyclic) bond motifs is 1. The van der Waals surface area contributed by atoms with E-state index in [1.54, 1.807) is 12.4 Å². The molecule has 0 spiro atoms. The zero-order valence-electron chi connectivity index (χ0n) is 19.8. The van der Waals surface area contributed by atoms with E-state index in [-0.39, 0.29) is 0 Å². The molecule has 0 aliphatic rings. The molecular weight excluding hydrogens is 412 g/mol. The Morgan fingerprint density at radius 1 is 0.939 bits per heavy atom. The van der Waals surface area contributed by atoms with E-state index in [0.717, 1.165) is 33.7 Å². The molecule has 0 aliphatic carbocycles. The zero-order valence-corrected chi connectivity index (χ0v) is 19.8. The molecule has 4 rings (SSSR count). The number of ether oxygens (including phenoxy) is 1. The second-order valence-corrected chi connectivity index (χ2v) is 9.85. The maximum Gasteiger partial charge on any atom is 0.407 e. The van der Waals surface area contributed by atoms with Crippen LogP contribution in [0, 0.1) is 0 Å². The standard InChI is InChI=1S/C27H30N4O2/c1-26(2,3)33-25(32)29-17-27(4,5)24-30-22(19-12-14-28-15-13-19)23(31-24)21-11-10-18-8-6-7-9-20(18)16-21/h6-16H,17H2,1-5H3,(H,29,32)(H,30,31). The summed E-state index contributed by atoms with van der Waals surface area (Å²) in [7, 11) is 0. The maximum absolute atomic E-state index is 12.2. The van der Waals surface area contributed by atoms with Crippen LogP contribution in [0.15, 0.2) is 67.0 Å². The lowest BCUT2D eigenvalue weighted by atomic mass is 9.92. The van der Waals surface area contributed by atoms with Crippen molar-refractivity contribution in [2.24, 2.45) is 0 Å². The Balaban J connectivity index is 1.71. The number of carbonyl (C=O) groups is 1. The molecule has 6 heteroatoms. The van der Waals surface area contributed by atoms with Gasteiger partial charge in [0.2, 0.25) is 0 Å². The molecule has 0 aliphatic heterocycles. The summed E-state index contributed by atoms with van der Waals surface area (Å²) >= 11 is 0. The summed E-state index contributed by atoms with van der Waals surface area (Å²) in [5, 5.41) is 5.22. The smallest absolute Gasteiger partial charge is 0.407 e. The topological polar surface area (TPSA) is 79.9 Å². The molecule has 2 heterocycles. The Morgan fingerprint density at radius 2 is 1.64 bits per heavy atom. The first kappa shape index (κ1) is 22.5. The third-order valence-electron chi connectivity index (χ3n) is 5.41. The number of alkyl carbamates (subject to hydrolysis) is 1. The van der Waals surface area contributed by atoms with Crippen LogP contribution in [0.5, 0.6) is 0 Å². The van der Waals surface area contributed by atoms with E-state index in [1.165, 1.54) is 5.39 Å². The minimum atomic E-state index is -0.545. The van der Waals surface area contributed by atoms with Crippen LogP contribution in [0.1, 0.15) is 40.4 Å². The normalized spacial score (nSPS) is 12.0. The van der Waals surface area contributed by atoms with Crippen molar-refractivity contribution in [1.82, 2.24) is 20.3 Å². The van der Waals surface area contributed by atoms with E-state index in [2.05, 4.69) is 45.6 Å². The summed E-state index contributed by atoms with van der Waals surface area (Å²) in [6.07, 6.45) is 3.11. The number of nitrogens with zero attached hydrogens (tertiary/aromatic N) is 2. The first-order valence-corrected chi connectivity index (χ1v) is 11.1. The van der Waals surface area contributed by atoms with E-state index in [0.29, 0.717) is 6.54 Å². The van der Waals surface area contributed by atoms with E-state index in [9.17, 15) is 4.79 Å². The van der Waals surface area contributed by atoms with Crippen molar-refractivity contribution < 1.29 is 9.53 Å². The lowest BCUT2D eigenvalue weighted by Crippen LogP contribution is -2.40. The number of rotatable bonds is 5. The number of aromatic nitrogens is 3. The fraction of sp³-hybridized carbons (Fsp3) is 0.296. The van der Waals surface area contributed by atoms with Crippen molar-refractivity contribution in [3.05, 3.63) is 72.8 Å². The van der Waals surface area contributed by atoms with Gasteiger partial charge in [0.1, 0.15) is 11.4 Å². The van der Waals surface area contributed by atoms with Crippen molar-refractivity contribution >= 4 is 16.9 Å². The molecule has 0 atom stereocenters. The number of aromatic amines is 1. The van der Waals surface area contributed by atoms with Crippen molar-refractivity contribution in [3.63, 3.8) is 0 Å². The molecule has 2 N–H and O–H groups in total. The maximum atomic E-state index is 12.2. The Bertz CT molecular complexity index is 1270.